The highest BCUT2D eigenvalue weighted by Gasteiger charge is 2.52. The van der Waals surface area contributed by atoms with E-state index in [1.165, 1.54) is 4.90 Å². The molecular formula is C85H107BCl4F3I2N15O9. The molecule has 12 heterocycles. The van der Waals surface area contributed by atoms with E-state index in [9.17, 15) is 27.6 Å². The van der Waals surface area contributed by atoms with Gasteiger partial charge in [0.25, 0.3) is 5.82 Å². The second-order valence-corrected chi connectivity index (χ2v) is 35.3. The number of halogens is 9. The van der Waals surface area contributed by atoms with Gasteiger partial charge in [-0.1, -0.05) is 103 Å². The molecule has 4 N–H and O–H groups in total. The van der Waals surface area contributed by atoms with Crippen LogP contribution in [0.2, 0.25) is 20.6 Å². The summed E-state index contributed by atoms with van der Waals surface area (Å²) >= 11 is 27.7. The molecule has 6 amide bonds. The number of likely N-dealkylation sites (tertiary alicyclic amines) is 3. The lowest BCUT2D eigenvalue weighted by Gasteiger charge is -2.32. The number of ether oxygens (including phenoxy) is 4. The quantitative estimate of drug-likeness (QED) is 0.0386. The number of alkyl halides is 3. The van der Waals surface area contributed by atoms with Crippen molar-refractivity contribution in [2.45, 2.75) is 118 Å². The first-order chi connectivity index (χ1) is 56.8. The minimum atomic E-state index is -4.20. The summed E-state index contributed by atoms with van der Waals surface area (Å²) in [6, 6.07) is 32.1. The Morgan fingerprint density at radius 3 is 1.26 bits per heavy atom. The molecule has 642 valence electrons. The smallest absolute Gasteiger partial charge is 0.399 e. The number of rotatable bonds is 12. The van der Waals surface area contributed by atoms with Crippen LogP contribution in [0.1, 0.15) is 96.8 Å². The van der Waals surface area contributed by atoms with Crippen molar-refractivity contribution in [1.29, 1.82) is 0 Å². The third-order valence-corrected chi connectivity index (χ3v) is 24.1. The fraction of sp³-hybridized carbons (Fsp3) is 0.506. The highest BCUT2D eigenvalue weighted by atomic mass is 127. The summed E-state index contributed by atoms with van der Waals surface area (Å²) in [4.78, 5) is 70.4. The third-order valence-electron chi connectivity index (χ3n) is 22.0. The molecule has 4 aromatic heterocycles. The maximum absolute atomic E-state index is 12.7. The topological polar surface area (TPSA) is 230 Å². The molecule has 0 radical (unpaired) electrons. The molecule has 0 bridgehead atoms. The number of aromatic nitrogens is 4. The van der Waals surface area contributed by atoms with Gasteiger partial charge in [-0.25, -0.2) is 29.3 Å². The van der Waals surface area contributed by atoms with Crippen molar-refractivity contribution in [3.05, 3.63) is 159 Å². The van der Waals surface area contributed by atoms with E-state index in [0.717, 1.165) is 211 Å². The first-order valence-electron chi connectivity index (χ1n) is 40.4. The van der Waals surface area contributed by atoms with Gasteiger partial charge in [-0.05, 0) is 248 Å². The standard InChI is InChI=1S/C24H29N5O2.C23H29ClN4O2.C20H28BF3N2O3.C9H10ClIN2O.C5H2Cl2IN.C4H9NO/c1-4-18-7-8-29(16-18)24(30)26-20-6-5-17(2)21(15-20)19-13-22(25-3)27-23(14-19)28-9-11-31-12-10-28;1-3-17-6-7-28(15-17)23(29)25-19-5-4-16(2)20(14-19)18-12-21(24)26-22(13-18)27-8-10-30-11-9-27;1-13-6-7-15(10-16(13)21-28-18(2,3)19(4,5)29-21)25-17(27)26-9-8-14(12-26)11-20(22,23)24;10-8-5-7(11)6-9(12-8)13-1-3-14-4-2-13;6-4-1-3(8)2-5(7)9-4;1-3-6-4-2-5-1/h5-6,13-15,18H,4,7-12,16H2,1-2H3,(H,26,30);4-5,12-14,17H,3,6-11,15H2,1-2H3,(H,25,29);6-7,10,14H,8-9,11-12H2,1-5H3,(H,25,27);5-6H,1-4H2;1-2H;5H,1-4H2/t18-;17-;14-;;;/m110.../s1. The molecule has 8 aliphatic rings. The molecule has 0 unspecified atom stereocenters. The van der Waals surface area contributed by atoms with Crippen LogP contribution in [-0.2, 0) is 28.3 Å². The molecule has 15 rings (SSSR count). The fourth-order valence-corrected chi connectivity index (χ4v) is 17.0. The molecule has 24 nitrogen and oxygen atoms in total. The van der Waals surface area contributed by atoms with Crippen LogP contribution >= 0.6 is 91.6 Å². The van der Waals surface area contributed by atoms with Crippen LogP contribution in [0.25, 0.3) is 27.1 Å². The number of nitrogens with zero attached hydrogens (tertiary/aromatic N) is 11. The van der Waals surface area contributed by atoms with E-state index >= 15 is 0 Å². The zero-order valence-corrected chi connectivity index (χ0v) is 76.3. The minimum absolute atomic E-state index is 0.0254. The summed E-state index contributed by atoms with van der Waals surface area (Å²) < 4.78 is 73.2. The highest BCUT2D eigenvalue weighted by molar-refractivity contribution is 14.1. The normalized spacial score (nSPS) is 19.4. The number of pyridine rings is 4. The van der Waals surface area contributed by atoms with E-state index in [1.54, 1.807) is 24.3 Å². The van der Waals surface area contributed by atoms with Crippen LogP contribution in [0.4, 0.5) is 67.9 Å². The van der Waals surface area contributed by atoms with E-state index in [2.05, 4.69) is 133 Å². The summed E-state index contributed by atoms with van der Waals surface area (Å²) in [6.45, 7) is 42.5. The van der Waals surface area contributed by atoms with E-state index in [1.807, 2.05) is 124 Å². The second kappa shape index (κ2) is 45.0. The van der Waals surface area contributed by atoms with Crippen LogP contribution in [0.5, 0.6) is 0 Å². The Morgan fingerprint density at radius 2 is 0.874 bits per heavy atom. The number of urea groups is 3. The monoisotopic (exact) mass is 1940 g/mol. The Balaban J connectivity index is 0.000000161. The van der Waals surface area contributed by atoms with Gasteiger partial charge in [0.1, 0.15) is 32.2 Å². The Labute approximate surface area is 744 Å². The minimum Gasteiger partial charge on any atom is -0.399 e. The lowest BCUT2D eigenvalue weighted by molar-refractivity contribution is -0.143. The zero-order valence-electron chi connectivity index (χ0n) is 68.9. The van der Waals surface area contributed by atoms with Crippen LogP contribution in [-0.4, -0.2) is 222 Å². The molecular weight excluding hydrogens is 1840 g/mol. The molecule has 34 heteroatoms. The third kappa shape index (κ3) is 28.6. The molecule has 8 fully saturated rings. The van der Waals surface area contributed by atoms with E-state index < -0.39 is 42.9 Å². The van der Waals surface area contributed by atoms with E-state index in [4.69, 9.17) is 81.2 Å². The Hall–Kier alpha value is -6.85. The number of carbonyl (C=O) groups excluding carboxylic acids is 3. The number of aryl methyl sites for hydroxylation is 3. The zero-order chi connectivity index (χ0) is 85.6. The largest absolute Gasteiger partial charge is 0.495 e. The van der Waals surface area contributed by atoms with Crippen molar-refractivity contribution >= 4 is 163 Å². The summed E-state index contributed by atoms with van der Waals surface area (Å²) in [5.41, 5.74) is 9.11. The Bertz CT molecular complexity index is 4500. The van der Waals surface area contributed by atoms with Gasteiger partial charge in [-0.15, -0.1) is 4.98 Å². The molecule has 8 saturated heterocycles. The lowest BCUT2D eigenvalue weighted by atomic mass is 9.76. The first kappa shape index (κ1) is 94.4. The van der Waals surface area contributed by atoms with Gasteiger partial charge in [-0.2, -0.15) is 13.2 Å². The van der Waals surface area contributed by atoms with Gasteiger partial charge in [-0.3, -0.25) is 0 Å². The molecule has 0 spiro atoms. The van der Waals surface area contributed by atoms with Crippen molar-refractivity contribution in [2.24, 2.45) is 17.8 Å². The first-order valence-corrected chi connectivity index (χ1v) is 44.1. The average molecular weight is 1950 g/mol. The van der Waals surface area contributed by atoms with Gasteiger partial charge >= 0.3 is 31.4 Å². The number of anilines is 6. The molecule has 7 aromatic rings. The number of nitrogens with one attached hydrogen (secondary N) is 4. The number of morpholine rings is 4. The summed E-state index contributed by atoms with van der Waals surface area (Å²) in [6.07, 6.45) is -0.311. The summed E-state index contributed by atoms with van der Waals surface area (Å²) in [5.74, 6) is 3.64. The second-order valence-electron chi connectivity index (χ2n) is 31.2. The predicted octanol–water partition coefficient (Wildman–Crippen LogP) is 18.4. The van der Waals surface area contributed by atoms with Crippen LogP contribution in [0, 0.1) is 52.2 Å². The van der Waals surface area contributed by atoms with Gasteiger partial charge in [0, 0.05) is 128 Å². The molecule has 0 aliphatic carbocycles. The van der Waals surface area contributed by atoms with E-state index in [-0.39, 0.29) is 18.6 Å². The highest BCUT2D eigenvalue weighted by Crippen LogP contribution is 2.39. The van der Waals surface area contributed by atoms with Crippen molar-refractivity contribution in [3.63, 3.8) is 0 Å². The van der Waals surface area contributed by atoms with Crippen LogP contribution < -0.4 is 41.4 Å². The molecule has 3 aromatic carbocycles. The number of hydrogen-bond donors (Lipinski definition) is 4. The molecule has 3 atom stereocenters. The number of hydrogen-bond acceptors (Lipinski definition) is 17. The Kier molecular flexibility index (Phi) is 35.7. The molecule has 0 saturated carbocycles. The van der Waals surface area contributed by atoms with Gasteiger partial charge < -0.3 is 83.8 Å². The van der Waals surface area contributed by atoms with Crippen molar-refractivity contribution in [2.75, 3.05) is 175 Å². The number of amides is 6. The van der Waals surface area contributed by atoms with Gasteiger partial charge in [0.05, 0.1) is 64.1 Å². The predicted molar refractivity (Wildman–Crippen MR) is 486 cm³/mol. The maximum atomic E-state index is 12.7. The van der Waals surface area contributed by atoms with Crippen LogP contribution in [0.3, 0.4) is 0 Å². The van der Waals surface area contributed by atoms with Crippen molar-refractivity contribution < 1.29 is 55.8 Å². The fourth-order valence-electron chi connectivity index (χ4n) is 14.4. The van der Waals surface area contributed by atoms with Crippen molar-refractivity contribution in [3.8, 4) is 22.3 Å². The SMILES string of the molecule is C1COCCN1.CC[C@@H]1CCN(C(=O)Nc2ccc(C)c(-c3cc(Cl)nc(N4CCOCC4)c3)c2)C1.Cc1ccc(NC(=O)N2CC[C@@H](CC(F)(F)F)C2)cc1B1OC(C)(C)C(C)(C)O1.Clc1cc(I)cc(Cl)n1.Clc1cc(I)cc(N2CCOCC2)n1.[C-]#[N+]c1cc(-c2cc(NC(=O)N3CC[C@@H](CC)C3)ccc2C)cc(N2CCOCC2)n1. The molecule has 8 aliphatic heterocycles. The lowest BCUT2D eigenvalue weighted by Crippen LogP contribution is -2.41. The van der Waals surface area contributed by atoms with Crippen molar-refractivity contribution in [1.82, 2.24) is 40.0 Å². The summed E-state index contributed by atoms with van der Waals surface area (Å²) in [5, 5.41) is 14.0. The van der Waals surface area contributed by atoms with Gasteiger partial charge in [0.2, 0.25) is 5.82 Å². The maximum Gasteiger partial charge on any atom is 0.495 e. The van der Waals surface area contributed by atoms with E-state index in [0.29, 0.717) is 83.3 Å². The molecule has 119 heavy (non-hydrogen) atoms. The number of benzene rings is 3. The van der Waals surface area contributed by atoms with Crippen LogP contribution in [0.15, 0.2) is 103 Å². The average Bonchev–Trinajstić information content (AvgIpc) is 1.66. The van der Waals surface area contributed by atoms with Gasteiger partial charge in [0.15, 0.2) is 0 Å². The Morgan fingerprint density at radius 1 is 0.504 bits per heavy atom. The summed E-state index contributed by atoms with van der Waals surface area (Å²) in [7, 11) is -0.556. The number of carbonyl (C=O) groups is 3.